The molecule has 2 N–H and O–H groups in total. The third-order valence-electron chi connectivity index (χ3n) is 8.26. The summed E-state index contributed by atoms with van der Waals surface area (Å²) in [5.41, 5.74) is 0. The summed E-state index contributed by atoms with van der Waals surface area (Å²) in [5.74, 6) is 0.207. The lowest BCUT2D eigenvalue weighted by Crippen LogP contribution is -2.19. The zero-order chi connectivity index (χ0) is 35.3. The molecule has 8 nitrogen and oxygen atoms in total. The number of esters is 2. The van der Waals surface area contributed by atoms with E-state index in [1.54, 1.807) is 0 Å². The molecule has 2 unspecified atom stereocenters. The number of carboxylic acids is 2. The van der Waals surface area contributed by atoms with E-state index >= 15 is 0 Å². The maximum absolute atomic E-state index is 11.9. The molecule has 0 aromatic rings. The van der Waals surface area contributed by atoms with Crippen LogP contribution >= 0.6 is 0 Å². The van der Waals surface area contributed by atoms with Gasteiger partial charge in [-0.25, -0.2) is 0 Å². The van der Waals surface area contributed by atoms with Gasteiger partial charge in [0, 0.05) is 19.3 Å². The lowest BCUT2D eigenvalue weighted by molar-refractivity contribution is -0.146. The van der Waals surface area contributed by atoms with Gasteiger partial charge >= 0.3 is 23.9 Å². The van der Waals surface area contributed by atoms with Gasteiger partial charge in [-0.1, -0.05) is 126 Å². The number of carbonyl (C=O) groups excluding carboxylic acids is 2. The van der Waals surface area contributed by atoms with E-state index in [9.17, 15) is 19.2 Å². The van der Waals surface area contributed by atoms with Crippen LogP contribution in [0.1, 0.15) is 171 Å². The minimum absolute atomic E-state index is 0.0493. The molecule has 0 bridgehead atoms. The lowest BCUT2D eigenvalue weighted by atomic mass is 9.87. The number of unbranched alkanes of at least 4 members (excludes halogenated alkanes) is 11. The van der Waals surface area contributed by atoms with Crippen molar-refractivity contribution in [2.24, 2.45) is 35.5 Å². The van der Waals surface area contributed by atoms with E-state index in [1.807, 2.05) is 27.7 Å². The van der Waals surface area contributed by atoms with Crippen LogP contribution in [-0.2, 0) is 28.7 Å². The van der Waals surface area contributed by atoms with Gasteiger partial charge in [0.1, 0.15) is 0 Å². The third-order valence-corrected chi connectivity index (χ3v) is 8.26. The SMILES string of the molecule is CC(C)C(CCCCCCCCCC(=O)O)C(=O)O.CC(C)COC(=O)CCCCCCCCC(CC(=O)OCC(C)C)C(C)C. The third kappa shape index (κ3) is 31.8. The summed E-state index contributed by atoms with van der Waals surface area (Å²) < 4.78 is 10.5. The van der Waals surface area contributed by atoms with Crippen molar-refractivity contribution in [1.82, 2.24) is 0 Å². The van der Waals surface area contributed by atoms with Gasteiger partial charge in [-0.05, 0) is 55.3 Å². The minimum Gasteiger partial charge on any atom is -0.481 e. The molecule has 0 spiro atoms. The van der Waals surface area contributed by atoms with E-state index in [-0.39, 0.29) is 30.2 Å². The molecule has 0 heterocycles. The molecular weight excluding hydrogens is 584 g/mol. The topological polar surface area (TPSA) is 127 Å². The number of hydrogen-bond acceptors (Lipinski definition) is 6. The van der Waals surface area contributed by atoms with Crippen molar-refractivity contribution in [3.05, 3.63) is 0 Å². The van der Waals surface area contributed by atoms with Gasteiger partial charge in [0.05, 0.1) is 19.1 Å². The van der Waals surface area contributed by atoms with Crippen LogP contribution < -0.4 is 0 Å². The predicted octanol–water partition coefficient (Wildman–Crippen LogP) is 10.1. The number of rotatable bonds is 28. The average molecular weight is 657 g/mol. The van der Waals surface area contributed by atoms with Gasteiger partial charge in [-0.2, -0.15) is 0 Å². The van der Waals surface area contributed by atoms with Crippen LogP contribution in [-0.4, -0.2) is 47.3 Å². The van der Waals surface area contributed by atoms with E-state index in [1.165, 1.54) is 19.3 Å². The Balaban J connectivity index is 0. The second-order valence-corrected chi connectivity index (χ2v) is 14.6. The molecular formula is C38H72O8. The Kier molecular flexibility index (Phi) is 30.2. The Labute approximate surface area is 282 Å². The van der Waals surface area contributed by atoms with Crippen molar-refractivity contribution in [1.29, 1.82) is 0 Å². The molecule has 0 aliphatic carbocycles. The van der Waals surface area contributed by atoms with E-state index < -0.39 is 11.9 Å². The summed E-state index contributed by atoms with van der Waals surface area (Å²) in [6.45, 7) is 17.6. The first-order chi connectivity index (χ1) is 21.7. The monoisotopic (exact) mass is 657 g/mol. The largest absolute Gasteiger partial charge is 0.481 e. The molecule has 0 saturated heterocycles. The van der Waals surface area contributed by atoms with Crippen molar-refractivity contribution in [2.75, 3.05) is 13.2 Å². The van der Waals surface area contributed by atoms with Crippen LogP contribution in [0.5, 0.6) is 0 Å². The first-order valence-electron chi connectivity index (χ1n) is 18.4. The number of ether oxygens (including phenoxy) is 2. The van der Waals surface area contributed by atoms with E-state index in [2.05, 4.69) is 27.7 Å². The Hall–Kier alpha value is -2.12. The number of hydrogen-bond donors (Lipinski definition) is 2. The van der Waals surface area contributed by atoms with Crippen molar-refractivity contribution >= 4 is 23.9 Å². The predicted molar refractivity (Wildman–Crippen MR) is 187 cm³/mol. The molecule has 0 aromatic carbocycles. The number of aliphatic carboxylic acids is 2. The maximum Gasteiger partial charge on any atom is 0.306 e. The maximum atomic E-state index is 11.9. The van der Waals surface area contributed by atoms with Crippen LogP contribution in [0.15, 0.2) is 0 Å². The summed E-state index contributed by atoms with van der Waals surface area (Å²) in [6, 6.07) is 0. The van der Waals surface area contributed by atoms with E-state index in [0.717, 1.165) is 77.0 Å². The summed E-state index contributed by atoms with van der Waals surface area (Å²) in [6.07, 6.45) is 17.1. The Morgan fingerprint density at radius 2 is 0.913 bits per heavy atom. The molecule has 0 aliphatic heterocycles. The van der Waals surface area contributed by atoms with Crippen molar-refractivity contribution in [3.8, 4) is 0 Å². The molecule has 2 atom stereocenters. The fraction of sp³-hybridized carbons (Fsp3) is 0.895. The molecule has 0 aliphatic rings. The standard InChI is InChI=1S/C23H44O4.C15H28O4/c1-18(2)16-26-22(24)14-12-10-8-7-9-11-13-21(20(5)6)15-23(25)27-17-19(3)4;1-12(2)13(15(18)19)10-8-6-4-3-5-7-9-11-14(16)17/h18-21H,7-17H2,1-6H3;12-13H,3-11H2,1-2H3,(H,16,17)(H,18,19). The summed E-state index contributed by atoms with van der Waals surface area (Å²) >= 11 is 0. The molecule has 0 aromatic heterocycles. The molecule has 0 saturated carbocycles. The quantitative estimate of drug-likeness (QED) is 0.0629. The van der Waals surface area contributed by atoms with Crippen LogP contribution in [0.4, 0.5) is 0 Å². The second kappa shape index (κ2) is 30.2. The van der Waals surface area contributed by atoms with Crippen LogP contribution in [0.25, 0.3) is 0 Å². The highest BCUT2D eigenvalue weighted by Crippen LogP contribution is 2.24. The Morgan fingerprint density at radius 3 is 1.33 bits per heavy atom. The highest BCUT2D eigenvalue weighted by Gasteiger charge is 2.20. The normalized spacial score (nSPS) is 12.6. The summed E-state index contributed by atoms with van der Waals surface area (Å²) in [5, 5.41) is 17.5. The highest BCUT2D eigenvalue weighted by molar-refractivity contribution is 5.70. The van der Waals surface area contributed by atoms with Gasteiger partial charge in [0.15, 0.2) is 0 Å². The highest BCUT2D eigenvalue weighted by atomic mass is 16.5. The van der Waals surface area contributed by atoms with Gasteiger partial charge in [-0.3, -0.25) is 19.2 Å². The number of carboxylic acid groups (broad SMARTS) is 2. The first-order valence-corrected chi connectivity index (χ1v) is 18.4. The van der Waals surface area contributed by atoms with Crippen molar-refractivity contribution in [2.45, 2.75) is 171 Å². The lowest BCUT2D eigenvalue weighted by Gasteiger charge is -2.20. The zero-order valence-corrected chi connectivity index (χ0v) is 31.0. The molecule has 0 rings (SSSR count). The summed E-state index contributed by atoms with van der Waals surface area (Å²) in [7, 11) is 0. The Bertz CT molecular complexity index is 775. The average Bonchev–Trinajstić information content (AvgIpc) is 2.96. The fourth-order valence-electron chi connectivity index (χ4n) is 5.18. The number of carbonyl (C=O) groups is 4. The molecule has 0 fully saturated rings. The van der Waals surface area contributed by atoms with E-state index in [0.29, 0.717) is 49.7 Å². The Morgan fingerprint density at radius 1 is 0.500 bits per heavy atom. The summed E-state index contributed by atoms with van der Waals surface area (Å²) in [4.78, 5) is 44.8. The van der Waals surface area contributed by atoms with Gasteiger partial charge in [0.25, 0.3) is 0 Å². The zero-order valence-electron chi connectivity index (χ0n) is 31.0. The van der Waals surface area contributed by atoms with Gasteiger partial charge in [0.2, 0.25) is 0 Å². The minimum atomic E-state index is -0.714. The molecule has 0 radical (unpaired) electrons. The molecule has 8 heteroatoms. The molecule has 0 amide bonds. The smallest absolute Gasteiger partial charge is 0.306 e. The second-order valence-electron chi connectivity index (χ2n) is 14.6. The van der Waals surface area contributed by atoms with Crippen molar-refractivity contribution < 1.29 is 38.9 Å². The van der Waals surface area contributed by atoms with E-state index in [4.69, 9.17) is 19.7 Å². The van der Waals surface area contributed by atoms with Crippen LogP contribution in [0.3, 0.4) is 0 Å². The molecule has 272 valence electrons. The van der Waals surface area contributed by atoms with Gasteiger partial charge in [-0.15, -0.1) is 0 Å². The van der Waals surface area contributed by atoms with Crippen molar-refractivity contribution in [3.63, 3.8) is 0 Å². The van der Waals surface area contributed by atoms with Gasteiger partial charge < -0.3 is 19.7 Å². The first kappa shape index (κ1) is 46.0. The van der Waals surface area contributed by atoms with Crippen LogP contribution in [0.2, 0.25) is 0 Å². The van der Waals surface area contributed by atoms with Crippen LogP contribution in [0, 0.1) is 35.5 Å². The molecule has 46 heavy (non-hydrogen) atoms. The fourth-order valence-corrected chi connectivity index (χ4v) is 5.18.